The van der Waals surface area contributed by atoms with Gasteiger partial charge in [-0.1, -0.05) is 18.7 Å². The molecule has 116 valence electrons. The molecule has 0 atom stereocenters. The van der Waals surface area contributed by atoms with E-state index in [1.807, 2.05) is 18.7 Å². The average Bonchev–Trinajstić information content (AvgIpc) is 2.92. The first-order valence-corrected chi connectivity index (χ1v) is 7.85. The second-order valence-corrected chi connectivity index (χ2v) is 5.95. The highest BCUT2D eigenvalue weighted by atomic mass is 32.2. The van der Waals surface area contributed by atoms with Crippen molar-refractivity contribution in [2.75, 3.05) is 25.9 Å². The quantitative estimate of drug-likeness (QED) is 0.775. The van der Waals surface area contributed by atoms with Crippen LogP contribution in [0, 0.1) is 6.92 Å². The Labute approximate surface area is 127 Å². The molecule has 0 radical (unpaired) electrons. The van der Waals surface area contributed by atoms with Gasteiger partial charge < -0.3 is 14.6 Å². The maximum atomic E-state index is 10.8. The van der Waals surface area contributed by atoms with Crippen LogP contribution in [0.25, 0.3) is 11.2 Å². The van der Waals surface area contributed by atoms with Crippen LogP contribution in [-0.4, -0.2) is 61.2 Å². The summed E-state index contributed by atoms with van der Waals surface area (Å²) in [5, 5.41) is 14.0. The first-order valence-electron chi connectivity index (χ1n) is 6.87. The number of aryl methyl sites for hydroxylation is 2. The average molecular weight is 311 g/mol. The number of imidazole rings is 1. The summed E-state index contributed by atoms with van der Waals surface area (Å²) in [5.41, 5.74) is 2.67. The number of aromatic nitrogens is 4. The van der Waals surface area contributed by atoms with E-state index in [1.165, 1.54) is 11.8 Å². The summed E-state index contributed by atoms with van der Waals surface area (Å²) in [7, 11) is 3.95. The van der Waals surface area contributed by atoms with Crippen molar-refractivity contribution in [3.63, 3.8) is 0 Å². The van der Waals surface area contributed by atoms with Crippen LogP contribution in [0.15, 0.2) is 5.16 Å². The smallest absolute Gasteiger partial charge is 0.313 e. The zero-order valence-electron chi connectivity index (χ0n) is 12.8. The topological polar surface area (TPSA) is 76.2 Å². The summed E-state index contributed by atoms with van der Waals surface area (Å²) in [6.45, 7) is 6.65. The highest BCUT2D eigenvalue weighted by Gasteiger charge is 2.18. The molecule has 2 rings (SSSR count). The Balaban J connectivity index is 2.36. The first kappa shape index (κ1) is 15.8. The second-order valence-electron chi connectivity index (χ2n) is 5.01. The number of carbonyl (C=O) groups is 1. The van der Waals surface area contributed by atoms with Crippen molar-refractivity contribution in [2.24, 2.45) is 7.05 Å². The normalized spacial score (nSPS) is 11.7. The number of thioether (sulfide) groups is 1. The summed E-state index contributed by atoms with van der Waals surface area (Å²) in [6, 6.07) is 0. The monoisotopic (exact) mass is 311 g/mol. The van der Waals surface area contributed by atoms with Crippen LogP contribution in [0.1, 0.15) is 12.6 Å². The van der Waals surface area contributed by atoms with Crippen LogP contribution >= 0.6 is 11.8 Å². The third kappa shape index (κ3) is 3.38. The molecule has 0 bridgehead atoms. The molecule has 0 aliphatic rings. The van der Waals surface area contributed by atoms with Gasteiger partial charge in [0.15, 0.2) is 10.8 Å². The molecule has 2 aromatic rings. The van der Waals surface area contributed by atoms with Gasteiger partial charge in [0.05, 0.1) is 11.4 Å². The number of carboxylic acid groups (broad SMARTS) is 1. The molecule has 0 saturated heterocycles. The molecule has 0 saturated carbocycles. The van der Waals surface area contributed by atoms with Gasteiger partial charge in [-0.2, -0.15) is 5.10 Å². The number of likely N-dealkylation sites (N-methyl/N-ethyl adjacent to an activating group) is 1. The van der Waals surface area contributed by atoms with Crippen LogP contribution in [0.5, 0.6) is 0 Å². The first-order chi connectivity index (χ1) is 9.93. The van der Waals surface area contributed by atoms with Gasteiger partial charge in [-0.15, -0.1) is 0 Å². The third-order valence-corrected chi connectivity index (χ3v) is 4.39. The van der Waals surface area contributed by atoms with Crippen molar-refractivity contribution < 1.29 is 9.90 Å². The molecule has 8 heteroatoms. The number of hydrogen-bond acceptors (Lipinski definition) is 5. The lowest BCUT2D eigenvalue weighted by Gasteiger charge is -2.15. The van der Waals surface area contributed by atoms with Gasteiger partial charge in [0.1, 0.15) is 5.52 Å². The largest absolute Gasteiger partial charge is 0.481 e. The predicted octanol–water partition coefficient (Wildman–Crippen LogP) is 1.21. The van der Waals surface area contributed by atoms with E-state index >= 15 is 0 Å². The summed E-state index contributed by atoms with van der Waals surface area (Å²) < 4.78 is 3.88. The Morgan fingerprint density at radius 3 is 2.81 bits per heavy atom. The van der Waals surface area contributed by atoms with Gasteiger partial charge in [-0.3, -0.25) is 9.48 Å². The van der Waals surface area contributed by atoms with Crippen LogP contribution in [0.3, 0.4) is 0 Å². The molecular formula is C13H21N5O2S. The lowest BCUT2D eigenvalue weighted by molar-refractivity contribution is -0.133. The van der Waals surface area contributed by atoms with E-state index in [1.54, 1.807) is 0 Å². The molecule has 2 heterocycles. The third-order valence-electron chi connectivity index (χ3n) is 3.42. The summed E-state index contributed by atoms with van der Waals surface area (Å²) in [6.07, 6.45) is 0. The van der Waals surface area contributed by atoms with E-state index in [-0.39, 0.29) is 5.75 Å². The van der Waals surface area contributed by atoms with E-state index in [0.717, 1.165) is 41.6 Å². The van der Waals surface area contributed by atoms with Crippen molar-refractivity contribution in [2.45, 2.75) is 25.5 Å². The Morgan fingerprint density at radius 2 is 2.19 bits per heavy atom. The second kappa shape index (κ2) is 6.48. The number of rotatable bonds is 7. The number of aliphatic carboxylic acids is 1. The molecule has 0 aliphatic heterocycles. The maximum Gasteiger partial charge on any atom is 0.313 e. The summed E-state index contributed by atoms with van der Waals surface area (Å²) in [5.74, 6) is -0.821. The van der Waals surface area contributed by atoms with Gasteiger partial charge in [-0.05, 0) is 20.5 Å². The molecule has 0 unspecified atom stereocenters. The van der Waals surface area contributed by atoms with Gasteiger partial charge in [0, 0.05) is 20.1 Å². The molecule has 0 aromatic carbocycles. The molecule has 7 nitrogen and oxygen atoms in total. The molecule has 0 spiro atoms. The fourth-order valence-corrected chi connectivity index (χ4v) is 2.92. The van der Waals surface area contributed by atoms with Gasteiger partial charge in [0.2, 0.25) is 0 Å². The Kier molecular flexibility index (Phi) is 4.89. The van der Waals surface area contributed by atoms with E-state index in [0.29, 0.717) is 0 Å². The Morgan fingerprint density at radius 1 is 1.48 bits per heavy atom. The van der Waals surface area contributed by atoms with E-state index in [2.05, 4.69) is 33.5 Å². The number of hydrogen-bond donors (Lipinski definition) is 1. The van der Waals surface area contributed by atoms with Gasteiger partial charge >= 0.3 is 5.97 Å². The van der Waals surface area contributed by atoms with Crippen LogP contribution < -0.4 is 0 Å². The molecule has 0 aliphatic carbocycles. The van der Waals surface area contributed by atoms with Crippen molar-refractivity contribution in [3.05, 3.63) is 5.69 Å². The summed E-state index contributed by atoms with van der Waals surface area (Å²) >= 11 is 1.25. The highest BCUT2D eigenvalue weighted by molar-refractivity contribution is 7.99. The minimum absolute atomic E-state index is 0.0133. The standard InChI is InChI=1S/C13H21N5O2S/c1-5-16(3)6-7-18-12-11(9(2)15-17(12)4)14-13(18)21-8-10(19)20/h5-8H2,1-4H3,(H,19,20). The van der Waals surface area contributed by atoms with Crippen molar-refractivity contribution in [1.82, 2.24) is 24.2 Å². The van der Waals surface area contributed by atoms with Crippen LogP contribution in [0.2, 0.25) is 0 Å². The van der Waals surface area contributed by atoms with E-state index in [4.69, 9.17) is 5.11 Å². The van der Waals surface area contributed by atoms with E-state index < -0.39 is 5.97 Å². The highest BCUT2D eigenvalue weighted by Crippen LogP contribution is 2.25. The SMILES string of the molecule is CCN(C)CCn1c(SCC(=O)O)nc2c(C)nn(C)c21. The fourth-order valence-electron chi connectivity index (χ4n) is 2.18. The fraction of sp³-hybridized carbons (Fsp3) is 0.615. The molecule has 1 N–H and O–H groups in total. The molecule has 2 aromatic heterocycles. The zero-order valence-corrected chi connectivity index (χ0v) is 13.6. The van der Waals surface area contributed by atoms with Crippen LogP contribution in [-0.2, 0) is 18.4 Å². The predicted molar refractivity (Wildman–Crippen MR) is 82.8 cm³/mol. The lowest BCUT2D eigenvalue weighted by Crippen LogP contribution is -2.23. The van der Waals surface area contributed by atoms with Gasteiger partial charge in [0.25, 0.3) is 0 Å². The summed E-state index contributed by atoms with van der Waals surface area (Å²) in [4.78, 5) is 17.6. The molecule has 0 amide bonds. The minimum atomic E-state index is -0.834. The lowest BCUT2D eigenvalue weighted by atomic mass is 10.4. The molecule has 21 heavy (non-hydrogen) atoms. The van der Waals surface area contributed by atoms with Gasteiger partial charge in [-0.25, -0.2) is 4.98 Å². The zero-order chi connectivity index (χ0) is 15.6. The minimum Gasteiger partial charge on any atom is -0.481 e. The maximum absolute atomic E-state index is 10.8. The Bertz CT molecular complexity index is 649. The Hall–Kier alpha value is -1.54. The van der Waals surface area contributed by atoms with Crippen molar-refractivity contribution >= 4 is 28.9 Å². The molecular weight excluding hydrogens is 290 g/mol. The van der Waals surface area contributed by atoms with Crippen molar-refractivity contribution in [1.29, 1.82) is 0 Å². The van der Waals surface area contributed by atoms with Crippen LogP contribution in [0.4, 0.5) is 0 Å². The number of fused-ring (bicyclic) bond motifs is 1. The van der Waals surface area contributed by atoms with Crippen molar-refractivity contribution in [3.8, 4) is 0 Å². The van der Waals surface area contributed by atoms with E-state index in [9.17, 15) is 4.79 Å². The number of nitrogens with zero attached hydrogens (tertiary/aromatic N) is 5. The number of carboxylic acids is 1. The molecule has 0 fully saturated rings.